The van der Waals surface area contributed by atoms with E-state index < -0.39 is 0 Å². The fourth-order valence-electron chi connectivity index (χ4n) is 3.19. The molecule has 1 aromatic heterocycles. The largest absolute Gasteiger partial charge is 0.482 e. The highest BCUT2D eigenvalue weighted by atomic mass is 35.5. The number of rotatable bonds is 3. The number of carbonyl (C=O) groups is 2. The van der Waals surface area contributed by atoms with Crippen LogP contribution in [-0.2, 0) is 9.59 Å². The second-order valence-corrected chi connectivity index (χ2v) is 6.73. The molecule has 2 aromatic rings. The number of halogens is 1. The van der Waals surface area contributed by atoms with E-state index in [-0.39, 0.29) is 25.0 Å². The van der Waals surface area contributed by atoms with Gasteiger partial charge >= 0.3 is 0 Å². The molecule has 0 bridgehead atoms. The molecule has 0 unspecified atom stereocenters. The lowest BCUT2D eigenvalue weighted by Gasteiger charge is -2.36. The molecule has 4 rings (SSSR count). The van der Waals surface area contributed by atoms with E-state index in [0.29, 0.717) is 48.6 Å². The Bertz CT molecular complexity index is 855. The predicted molar refractivity (Wildman–Crippen MR) is 100 cm³/mol. The molecule has 0 saturated carbocycles. The molecule has 0 spiro atoms. The highest BCUT2D eigenvalue weighted by molar-refractivity contribution is 6.31. The highest BCUT2D eigenvalue weighted by Crippen LogP contribution is 2.34. The van der Waals surface area contributed by atoms with E-state index >= 15 is 0 Å². The van der Waals surface area contributed by atoms with Gasteiger partial charge in [0.1, 0.15) is 12.3 Å². The molecule has 1 fully saturated rings. The van der Waals surface area contributed by atoms with Crippen molar-refractivity contribution in [2.45, 2.75) is 0 Å². The first-order valence-electron chi connectivity index (χ1n) is 8.64. The number of benzene rings is 1. The van der Waals surface area contributed by atoms with Crippen LogP contribution in [0.5, 0.6) is 5.75 Å². The van der Waals surface area contributed by atoms with Gasteiger partial charge in [0.2, 0.25) is 11.9 Å². The summed E-state index contributed by atoms with van der Waals surface area (Å²) in [4.78, 5) is 38.8. The van der Waals surface area contributed by atoms with Crippen LogP contribution in [0.25, 0.3) is 0 Å². The van der Waals surface area contributed by atoms with Crippen LogP contribution >= 0.6 is 11.6 Å². The van der Waals surface area contributed by atoms with E-state index in [1.165, 1.54) is 4.90 Å². The maximum Gasteiger partial charge on any atom is 0.265 e. The number of ether oxygens (including phenoxy) is 1. The molecule has 27 heavy (non-hydrogen) atoms. The molecule has 3 heterocycles. The Balaban J connectivity index is 1.42. The summed E-state index contributed by atoms with van der Waals surface area (Å²) in [7, 11) is 0. The minimum absolute atomic E-state index is 0.0304. The van der Waals surface area contributed by atoms with Gasteiger partial charge in [-0.15, -0.1) is 0 Å². The van der Waals surface area contributed by atoms with Gasteiger partial charge in [0.25, 0.3) is 5.91 Å². The second-order valence-electron chi connectivity index (χ2n) is 6.30. The molecule has 9 heteroatoms. The molecule has 2 aliphatic rings. The summed E-state index contributed by atoms with van der Waals surface area (Å²) in [5, 5.41) is 0.487. The lowest BCUT2D eigenvalue weighted by atomic mass is 10.2. The van der Waals surface area contributed by atoms with Crippen LogP contribution in [0.3, 0.4) is 0 Å². The topological polar surface area (TPSA) is 78.9 Å². The summed E-state index contributed by atoms with van der Waals surface area (Å²) in [5.74, 6) is 0.855. The third-order valence-electron chi connectivity index (χ3n) is 4.62. The van der Waals surface area contributed by atoms with E-state index in [2.05, 4.69) is 9.97 Å². The van der Waals surface area contributed by atoms with Gasteiger partial charge in [-0.3, -0.25) is 14.5 Å². The van der Waals surface area contributed by atoms with Crippen molar-refractivity contribution in [1.82, 2.24) is 14.9 Å². The number of nitrogens with zero attached hydrogens (tertiary/aromatic N) is 5. The number of anilines is 2. The van der Waals surface area contributed by atoms with Crippen LogP contribution in [-0.4, -0.2) is 66.0 Å². The fourth-order valence-corrected chi connectivity index (χ4v) is 3.36. The van der Waals surface area contributed by atoms with Gasteiger partial charge in [-0.25, -0.2) is 9.97 Å². The average molecular weight is 388 g/mol. The summed E-state index contributed by atoms with van der Waals surface area (Å²) in [5.41, 5.74) is 0.531. The monoisotopic (exact) mass is 387 g/mol. The molecule has 140 valence electrons. The summed E-state index contributed by atoms with van der Waals surface area (Å²) >= 11 is 6.04. The first-order valence-corrected chi connectivity index (χ1v) is 9.02. The van der Waals surface area contributed by atoms with E-state index in [9.17, 15) is 9.59 Å². The van der Waals surface area contributed by atoms with Crippen molar-refractivity contribution < 1.29 is 14.3 Å². The minimum Gasteiger partial charge on any atom is -0.482 e. The number of amides is 2. The van der Waals surface area contributed by atoms with Crippen LogP contribution in [0.4, 0.5) is 11.6 Å². The SMILES string of the molecule is O=C(CN1C(=O)COc2ccc(Cl)cc21)N1CCN(c2ncccn2)CC1. The first-order chi connectivity index (χ1) is 13.1. The lowest BCUT2D eigenvalue weighted by molar-refractivity contribution is -0.132. The third-order valence-corrected chi connectivity index (χ3v) is 4.86. The van der Waals surface area contributed by atoms with Crippen molar-refractivity contribution in [3.63, 3.8) is 0 Å². The number of aromatic nitrogens is 2. The van der Waals surface area contributed by atoms with Crippen molar-refractivity contribution in [1.29, 1.82) is 0 Å². The summed E-state index contributed by atoms with van der Waals surface area (Å²) in [6.07, 6.45) is 3.40. The fraction of sp³-hybridized carbons (Fsp3) is 0.333. The van der Waals surface area contributed by atoms with Gasteiger partial charge in [-0.1, -0.05) is 11.6 Å². The van der Waals surface area contributed by atoms with Crippen LogP contribution < -0.4 is 14.5 Å². The quantitative estimate of drug-likeness (QED) is 0.787. The molecule has 0 atom stereocenters. The molecule has 0 radical (unpaired) electrons. The molecule has 2 aliphatic heterocycles. The summed E-state index contributed by atoms with van der Waals surface area (Å²) in [6.45, 7) is 2.29. The van der Waals surface area contributed by atoms with Gasteiger partial charge in [-0.2, -0.15) is 0 Å². The first kappa shape index (κ1) is 17.5. The van der Waals surface area contributed by atoms with Crippen molar-refractivity contribution >= 4 is 35.1 Å². The Morgan fingerprint density at radius 3 is 2.63 bits per heavy atom. The number of carbonyl (C=O) groups excluding carboxylic acids is 2. The van der Waals surface area contributed by atoms with Gasteiger partial charge in [-0.05, 0) is 24.3 Å². The van der Waals surface area contributed by atoms with E-state index in [1.807, 2.05) is 4.90 Å². The Hall–Kier alpha value is -2.87. The van der Waals surface area contributed by atoms with Gasteiger partial charge < -0.3 is 14.5 Å². The van der Waals surface area contributed by atoms with E-state index in [4.69, 9.17) is 16.3 Å². The number of fused-ring (bicyclic) bond motifs is 1. The summed E-state index contributed by atoms with van der Waals surface area (Å²) < 4.78 is 5.42. The highest BCUT2D eigenvalue weighted by Gasteiger charge is 2.30. The zero-order valence-corrected chi connectivity index (χ0v) is 15.3. The number of hydrogen-bond donors (Lipinski definition) is 0. The van der Waals surface area contributed by atoms with Crippen molar-refractivity contribution in [2.24, 2.45) is 0 Å². The van der Waals surface area contributed by atoms with Crippen molar-refractivity contribution in [3.05, 3.63) is 41.7 Å². The van der Waals surface area contributed by atoms with E-state index in [0.717, 1.165) is 0 Å². The molecule has 0 N–H and O–H groups in total. The molecular weight excluding hydrogens is 370 g/mol. The lowest BCUT2D eigenvalue weighted by Crippen LogP contribution is -2.53. The van der Waals surface area contributed by atoms with Crippen molar-refractivity contribution in [2.75, 3.05) is 49.1 Å². The zero-order chi connectivity index (χ0) is 18.8. The smallest absolute Gasteiger partial charge is 0.265 e. The molecular formula is C18H18ClN5O3. The maximum absolute atomic E-state index is 12.8. The van der Waals surface area contributed by atoms with Crippen LogP contribution in [0.15, 0.2) is 36.7 Å². The van der Waals surface area contributed by atoms with Gasteiger partial charge in [0.15, 0.2) is 6.61 Å². The van der Waals surface area contributed by atoms with Gasteiger partial charge in [0.05, 0.1) is 5.69 Å². The Kier molecular flexibility index (Phi) is 4.81. The average Bonchev–Trinajstić information content (AvgIpc) is 2.71. The minimum atomic E-state index is -0.255. The molecule has 1 aromatic carbocycles. The van der Waals surface area contributed by atoms with E-state index in [1.54, 1.807) is 41.6 Å². The molecule has 8 nitrogen and oxygen atoms in total. The second kappa shape index (κ2) is 7.40. The van der Waals surface area contributed by atoms with Gasteiger partial charge in [0, 0.05) is 43.6 Å². The third kappa shape index (κ3) is 3.66. The number of piperazine rings is 1. The Labute approximate surface area is 161 Å². The molecule has 1 saturated heterocycles. The molecule has 2 amide bonds. The zero-order valence-electron chi connectivity index (χ0n) is 14.5. The van der Waals surface area contributed by atoms with Crippen molar-refractivity contribution in [3.8, 4) is 5.75 Å². The van der Waals surface area contributed by atoms with Crippen LogP contribution in [0.1, 0.15) is 0 Å². The van der Waals surface area contributed by atoms with Crippen LogP contribution in [0, 0.1) is 0 Å². The maximum atomic E-state index is 12.8. The standard InChI is InChI=1S/C18H18ClN5O3/c19-13-2-3-15-14(10-13)24(17(26)12-27-15)11-16(25)22-6-8-23(9-7-22)18-20-4-1-5-21-18/h1-5,10H,6-9,11-12H2. The predicted octanol–water partition coefficient (Wildman–Crippen LogP) is 1.20. The normalized spacial score (nSPS) is 16.8. The Morgan fingerprint density at radius 2 is 1.89 bits per heavy atom. The number of hydrogen-bond acceptors (Lipinski definition) is 6. The molecule has 0 aliphatic carbocycles. The Morgan fingerprint density at radius 1 is 1.15 bits per heavy atom. The summed E-state index contributed by atoms with van der Waals surface area (Å²) in [6, 6.07) is 6.82. The van der Waals surface area contributed by atoms with Crippen LogP contribution in [0.2, 0.25) is 5.02 Å².